The Morgan fingerprint density at radius 2 is 1.83 bits per heavy atom. The first-order valence-corrected chi connectivity index (χ1v) is 6.45. The van der Waals surface area contributed by atoms with E-state index in [-0.39, 0.29) is 5.75 Å². The molecule has 0 saturated heterocycles. The summed E-state index contributed by atoms with van der Waals surface area (Å²) in [6, 6.07) is 0. The Balaban J connectivity index is 0. The standard InChI is InChI=1S/C5H11ClO2S.C3H6/c1-2-3-4-5-9(6,7)8;1-3-2/h2-5H2,1H3;3H,1H2,2H3. The molecule has 12 heavy (non-hydrogen) atoms. The van der Waals surface area contributed by atoms with Crippen LogP contribution in [-0.2, 0) is 9.05 Å². The summed E-state index contributed by atoms with van der Waals surface area (Å²) in [7, 11) is 1.72. The van der Waals surface area contributed by atoms with Gasteiger partial charge in [-0.2, -0.15) is 0 Å². The minimum Gasteiger partial charge on any atom is -0.212 e. The Morgan fingerprint density at radius 1 is 1.42 bits per heavy atom. The number of halogens is 1. The van der Waals surface area contributed by atoms with Crippen LogP contribution in [0.2, 0.25) is 0 Å². The SMILES string of the molecule is C=CC.CCCCCS(=O)(=O)Cl. The Kier molecular flexibility index (Phi) is 11.0. The molecule has 0 spiro atoms. The van der Waals surface area contributed by atoms with Gasteiger partial charge >= 0.3 is 0 Å². The van der Waals surface area contributed by atoms with E-state index in [2.05, 4.69) is 6.58 Å². The molecule has 0 aliphatic carbocycles. The summed E-state index contributed by atoms with van der Waals surface area (Å²) in [5, 5.41) is 0. The summed E-state index contributed by atoms with van der Waals surface area (Å²) in [4.78, 5) is 0. The first kappa shape index (κ1) is 14.5. The average Bonchev–Trinajstić information content (AvgIpc) is 1.87. The molecular formula is C8H17ClO2S. The fourth-order valence-electron chi connectivity index (χ4n) is 0.524. The van der Waals surface area contributed by atoms with Crippen molar-refractivity contribution in [3.05, 3.63) is 12.7 Å². The van der Waals surface area contributed by atoms with Crippen molar-refractivity contribution >= 4 is 19.7 Å². The number of rotatable bonds is 4. The van der Waals surface area contributed by atoms with Crippen molar-refractivity contribution in [2.75, 3.05) is 5.75 Å². The molecule has 0 fully saturated rings. The van der Waals surface area contributed by atoms with E-state index in [1.807, 2.05) is 13.8 Å². The molecule has 0 aromatic rings. The quantitative estimate of drug-likeness (QED) is 0.408. The molecule has 0 heterocycles. The topological polar surface area (TPSA) is 34.1 Å². The van der Waals surface area contributed by atoms with Gasteiger partial charge in [0.15, 0.2) is 0 Å². The Hall–Kier alpha value is -0.0200. The van der Waals surface area contributed by atoms with Crippen LogP contribution in [0.4, 0.5) is 0 Å². The summed E-state index contributed by atoms with van der Waals surface area (Å²) in [5.74, 6) is 0.113. The predicted molar refractivity (Wildman–Crippen MR) is 55.0 cm³/mol. The average molecular weight is 213 g/mol. The largest absolute Gasteiger partial charge is 0.232 e. The molecule has 0 radical (unpaired) electrons. The van der Waals surface area contributed by atoms with E-state index in [9.17, 15) is 8.42 Å². The first-order chi connectivity index (χ1) is 5.47. The molecule has 0 N–H and O–H groups in total. The van der Waals surface area contributed by atoms with Crippen molar-refractivity contribution in [1.29, 1.82) is 0 Å². The second kappa shape index (κ2) is 9.07. The zero-order valence-electron chi connectivity index (χ0n) is 7.72. The summed E-state index contributed by atoms with van der Waals surface area (Å²) in [6.07, 6.45) is 4.39. The van der Waals surface area contributed by atoms with Crippen molar-refractivity contribution < 1.29 is 8.42 Å². The van der Waals surface area contributed by atoms with E-state index in [0.717, 1.165) is 12.8 Å². The van der Waals surface area contributed by atoms with Gasteiger partial charge in [0.05, 0.1) is 5.75 Å². The number of unbranched alkanes of at least 4 members (excludes halogenated alkanes) is 2. The lowest BCUT2D eigenvalue weighted by atomic mass is 10.3. The van der Waals surface area contributed by atoms with Crippen LogP contribution >= 0.6 is 10.7 Å². The van der Waals surface area contributed by atoms with Gasteiger partial charge in [0.25, 0.3) is 0 Å². The molecule has 0 rings (SSSR count). The zero-order valence-corrected chi connectivity index (χ0v) is 9.29. The van der Waals surface area contributed by atoms with Gasteiger partial charge in [-0.3, -0.25) is 0 Å². The van der Waals surface area contributed by atoms with Gasteiger partial charge in [-0.15, -0.1) is 6.58 Å². The molecule has 0 aromatic carbocycles. The van der Waals surface area contributed by atoms with Gasteiger partial charge in [0.1, 0.15) is 0 Å². The molecule has 0 aliphatic rings. The van der Waals surface area contributed by atoms with Gasteiger partial charge in [-0.1, -0.05) is 25.8 Å². The van der Waals surface area contributed by atoms with Crippen LogP contribution < -0.4 is 0 Å². The predicted octanol–water partition coefficient (Wildman–Crippen LogP) is 2.94. The Labute approximate surface area is 80.0 Å². The molecule has 0 bridgehead atoms. The second-order valence-corrected chi connectivity index (χ2v) is 5.25. The summed E-state index contributed by atoms with van der Waals surface area (Å²) >= 11 is 0. The maximum atomic E-state index is 10.3. The normalized spacial score (nSPS) is 9.92. The summed E-state index contributed by atoms with van der Waals surface area (Å²) < 4.78 is 20.5. The monoisotopic (exact) mass is 212 g/mol. The smallest absolute Gasteiger partial charge is 0.212 e. The third-order valence-corrected chi connectivity index (χ3v) is 2.23. The fraction of sp³-hybridized carbons (Fsp3) is 0.750. The molecule has 74 valence electrons. The highest BCUT2D eigenvalue weighted by Crippen LogP contribution is 2.02. The maximum absolute atomic E-state index is 10.3. The van der Waals surface area contributed by atoms with Gasteiger partial charge in [0, 0.05) is 10.7 Å². The van der Waals surface area contributed by atoms with E-state index < -0.39 is 9.05 Å². The van der Waals surface area contributed by atoms with E-state index in [1.54, 1.807) is 6.08 Å². The zero-order chi connectivity index (χ0) is 10.0. The number of hydrogen-bond acceptors (Lipinski definition) is 2. The highest BCUT2D eigenvalue weighted by Gasteiger charge is 2.02. The van der Waals surface area contributed by atoms with Crippen LogP contribution in [0.25, 0.3) is 0 Å². The van der Waals surface area contributed by atoms with E-state index >= 15 is 0 Å². The first-order valence-electron chi connectivity index (χ1n) is 3.97. The third kappa shape index (κ3) is 22.5. The molecule has 2 nitrogen and oxygen atoms in total. The minimum absolute atomic E-state index is 0.113. The summed E-state index contributed by atoms with van der Waals surface area (Å²) in [6.45, 7) is 7.26. The molecule has 0 atom stereocenters. The Bertz CT molecular complexity index is 185. The van der Waals surface area contributed by atoms with Gasteiger partial charge < -0.3 is 0 Å². The molecule has 0 aromatic heterocycles. The van der Waals surface area contributed by atoms with Crippen LogP contribution in [0.15, 0.2) is 12.7 Å². The molecule has 0 saturated carbocycles. The van der Waals surface area contributed by atoms with E-state index in [4.69, 9.17) is 10.7 Å². The lowest BCUT2D eigenvalue weighted by Crippen LogP contribution is -1.95. The lowest BCUT2D eigenvalue weighted by molar-refractivity contribution is 0.604. The van der Waals surface area contributed by atoms with Gasteiger partial charge in [0.2, 0.25) is 9.05 Å². The lowest BCUT2D eigenvalue weighted by Gasteiger charge is -1.92. The van der Waals surface area contributed by atoms with E-state index in [0.29, 0.717) is 6.42 Å². The molecule has 0 unspecified atom stereocenters. The second-order valence-electron chi connectivity index (χ2n) is 2.36. The summed E-state index contributed by atoms with van der Waals surface area (Å²) in [5.41, 5.74) is 0. The van der Waals surface area contributed by atoms with Crippen LogP contribution in [0.1, 0.15) is 33.1 Å². The van der Waals surface area contributed by atoms with Crippen molar-refractivity contribution in [3.8, 4) is 0 Å². The van der Waals surface area contributed by atoms with Crippen molar-refractivity contribution in [2.24, 2.45) is 0 Å². The highest BCUT2D eigenvalue weighted by atomic mass is 35.7. The minimum atomic E-state index is -3.22. The molecular weight excluding hydrogens is 196 g/mol. The number of hydrogen-bond donors (Lipinski definition) is 0. The van der Waals surface area contributed by atoms with Crippen LogP contribution in [0.5, 0.6) is 0 Å². The van der Waals surface area contributed by atoms with Crippen molar-refractivity contribution in [2.45, 2.75) is 33.1 Å². The fourth-order valence-corrected chi connectivity index (χ4v) is 1.40. The van der Waals surface area contributed by atoms with Crippen molar-refractivity contribution in [1.82, 2.24) is 0 Å². The third-order valence-electron chi connectivity index (χ3n) is 0.992. The van der Waals surface area contributed by atoms with Crippen molar-refractivity contribution in [3.63, 3.8) is 0 Å². The Morgan fingerprint density at radius 3 is 2.08 bits per heavy atom. The molecule has 4 heteroatoms. The van der Waals surface area contributed by atoms with Crippen LogP contribution in [-0.4, -0.2) is 14.2 Å². The van der Waals surface area contributed by atoms with Crippen LogP contribution in [0.3, 0.4) is 0 Å². The van der Waals surface area contributed by atoms with E-state index in [1.165, 1.54) is 0 Å². The highest BCUT2D eigenvalue weighted by molar-refractivity contribution is 8.13. The molecule has 0 aliphatic heterocycles. The van der Waals surface area contributed by atoms with Crippen LogP contribution in [0, 0.1) is 0 Å². The molecule has 0 amide bonds. The number of allylic oxidation sites excluding steroid dienone is 1. The van der Waals surface area contributed by atoms with Gasteiger partial charge in [-0.05, 0) is 13.3 Å². The maximum Gasteiger partial charge on any atom is 0.232 e. The van der Waals surface area contributed by atoms with Gasteiger partial charge in [-0.25, -0.2) is 8.42 Å².